The van der Waals surface area contributed by atoms with E-state index < -0.39 is 17.7 Å². The number of likely N-dealkylation sites (tertiary alicyclic amines) is 1. The number of alkyl halides is 4. The van der Waals surface area contributed by atoms with Crippen molar-refractivity contribution in [2.45, 2.75) is 35.7 Å². The summed E-state index contributed by atoms with van der Waals surface area (Å²) in [6.45, 7) is 1.37. The molecule has 2 atom stereocenters. The Bertz CT molecular complexity index is 787. The molecule has 4 nitrogen and oxygen atoms in total. The summed E-state index contributed by atoms with van der Waals surface area (Å²) in [5.41, 5.74) is -0.164. The summed E-state index contributed by atoms with van der Waals surface area (Å²) in [5.74, 6) is -0.110. The van der Waals surface area contributed by atoms with Crippen molar-refractivity contribution >= 4 is 40.0 Å². The van der Waals surface area contributed by atoms with Crippen LogP contribution in [0.1, 0.15) is 24.1 Å². The van der Waals surface area contributed by atoms with Crippen LogP contribution in [0, 0.1) is 5.82 Å². The lowest BCUT2D eigenvalue weighted by atomic mass is 10.0. The first kappa shape index (κ1) is 20.5. The average Bonchev–Trinajstić information content (AvgIpc) is 2.60. The van der Waals surface area contributed by atoms with Gasteiger partial charge in [0.25, 0.3) is 0 Å². The van der Waals surface area contributed by atoms with Crippen LogP contribution >= 0.6 is 34.2 Å². The molecule has 0 aliphatic carbocycles. The molecule has 0 radical (unpaired) electrons. The number of benzene rings is 1. The van der Waals surface area contributed by atoms with E-state index in [9.17, 15) is 17.6 Å². The minimum atomic E-state index is -4.49. The van der Waals surface area contributed by atoms with Crippen molar-refractivity contribution < 1.29 is 17.6 Å². The van der Waals surface area contributed by atoms with Crippen LogP contribution in [0.2, 0.25) is 5.02 Å². The van der Waals surface area contributed by atoms with E-state index in [-0.39, 0.29) is 15.1 Å². The molecule has 1 N–H and O–H groups in total. The van der Waals surface area contributed by atoms with Crippen molar-refractivity contribution in [1.82, 2.24) is 15.1 Å². The Morgan fingerprint density at radius 2 is 2.00 bits per heavy atom. The highest BCUT2D eigenvalue weighted by atomic mass is 127. The van der Waals surface area contributed by atoms with Crippen molar-refractivity contribution in [3.8, 4) is 0 Å². The summed E-state index contributed by atoms with van der Waals surface area (Å²) in [6, 6.07) is 7.08. The van der Waals surface area contributed by atoms with E-state index in [4.69, 9.17) is 11.6 Å². The van der Waals surface area contributed by atoms with Gasteiger partial charge in [-0.3, -0.25) is 4.90 Å². The van der Waals surface area contributed by atoms with Crippen molar-refractivity contribution in [2.24, 2.45) is 0 Å². The van der Waals surface area contributed by atoms with E-state index >= 15 is 0 Å². The van der Waals surface area contributed by atoms with Crippen LogP contribution in [0.4, 0.5) is 23.4 Å². The monoisotopic (exact) mass is 514 g/mol. The van der Waals surface area contributed by atoms with E-state index in [0.29, 0.717) is 12.4 Å². The predicted octanol–water partition coefficient (Wildman–Crippen LogP) is 5.13. The summed E-state index contributed by atoms with van der Waals surface area (Å²) in [5, 5.41) is 10.1. The number of nitrogens with one attached hydrogen (secondary N) is 1. The molecule has 3 rings (SSSR count). The fourth-order valence-corrected chi connectivity index (χ4v) is 4.12. The van der Waals surface area contributed by atoms with Crippen LogP contribution < -0.4 is 5.32 Å². The van der Waals surface area contributed by atoms with Gasteiger partial charge in [0.05, 0.1) is 9.07 Å². The molecule has 2 unspecified atom stereocenters. The molecule has 146 valence electrons. The van der Waals surface area contributed by atoms with Gasteiger partial charge in [0, 0.05) is 19.1 Å². The summed E-state index contributed by atoms with van der Waals surface area (Å²) in [6.07, 6.45) is -2.93. The van der Waals surface area contributed by atoms with E-state index in [1.165, 1.54) is 12.1 Å². The van der Waals surface area contributed by atoms with Gasteiger partial charge in [-0.25, -0.2) is 4.39 Å². The minimum Gasteiger partial charge on any atom is -0.366 e. The minimum absolute atomic E-state index is 0.0798. The van der Waals surface area contributed by atoms with Crippen LogP contribution in [0.3, 0.4) is 0 Å². The first-order valence-corrected chi connectivity index (χ1v) is 9.84. The summed E-state index contributed by atoms with van der Waals surface area (Å²) >= 11 is 8.03. The maximum atomic E-state index is 13.6. The normalized spacial score (nSPS) is 21.3. The molecule has 0 amide bonds. The van der Waals surface area contributed by atoms with Crippen LogP contribution in [-0.4, -0.2) is 31.7 Å². The molecule has 10 heteroatoms. The first-order chi connectivity index (χ1) is 12.7. The largest absolute Gasteiger partial charge is 0.435 e. The number of rotatable bonds is 4. The lowest BCUT2D eigenvalue weighted by molar-refractivity contribution is -0.141. The maximum absolute atomic E-state index is 13.6. The van der Waals surface area contributed by atoms with Gasteiger partial charge in [0.15, 0.2) is 5.69 Å². The summed E-state index contributed by atoms with van der Waals surface area (Å²) in [7, 11) is 0. The quantitative estimate of drug-likeness (QED) is 0.266. The van der Waals surface area contributed by atoms with Gasteiger partial charge >= 0.3 is 6.18 Å². The van der Waals surface area contributed by atoms with Crippen LogP contribution in [0.15, 0.2) is 30.3 Å². The number of hydrogen-bond acceptors (Lipinski definition) is 4. The predicted molar refractivity (Wildman–Crippen MR) is 103 cm³/mol. The SMILES string of the molecule is Fc1cc(CN2CCC(Nc3ccc(C(F)(F)F)nn3)CC2I)ccc1Cl. The number of aromatic nitrogens is 2. The van der Waals surface area contributed by atoms with E-state index in [1.807, 2.05) is 0 Å². The molecule has 27 heavy (non-hydrogen) atoms. The zero-order chi connectivity index (χ0) is 19.6. The van der Waals surface area contributed by atoms with Gasteiger partial charge in [-0.2, -0.15) is 13.2 Å². The van der Waals surface area contributed by atoms with E-state index in [2.05, 4.69) is 43.0 Å². The molecule has 1 aromatic carbocycles. The smallest absolute Gasteiger partial charge is 0.366 e. The number of anilines is 1. The summed E-state index contributed by atoms with van der Waals surface area (Å²) < 4.78 is 51.4. The zero-order valence-electron chi connectivity index (χ0n) is 14.0. The molecule has 2 heterocycles. The Hall–Kier alpha value is -1.20. The Labute approximate surface area is 172 Å². The number of nitrogens with zero attached hydrogens (tertiary/aromatic N) is 3. The second kappa shape index (κ2) is 8.44. The van der Waals surface area contributed by atoms with Crippen molar-refractivity contribution in [1.29, 1.82) is 0 Å². The van der Waals surface area contributed by atoms with Crippen LogP contribution in [-0.2, 0) is 12.7 Å². The van der Waals surface area contributed by atoms with Gasteiger partial charge < -0.3 is 5.32 Å². The van der Waals surface area contributed by atoms with Gasteiger partial charge in [0.2, 0.25) is 0 Å². The Balaban J connectivity index is 1.56. The lowest BCUT2D eigenvalue weighted by Gasteiger charge is -2.37. The molecule has 1 aliphatic rings. The lowest BCUT2D eigenvalue weighted by Crippen LogP contribution is -2.43. The van der Waals surface area contributed by atoms with Gasteiger partial charge in [-0.15, -0.1) is 10.2 Å². The fourth-order valence-electron chi connectivity index (χ4n) is 2.91. The molecule has 2 aromatic rings. The molecular weight excluding hydrogens is 499 g/mol. The molecule has 1 fully saturated rings. The first-order valence-electron chi connectivity index (χ1n) is 8.22. The van der Waals surface area contributed by atoms with Gasteiger partial charge in [0.1, 0.15) is 11.6 Å². The Morgan fingerprint density at radius 1 is 1.22 bits per heavy atom. The van der Waals surface area contributed by atoms with Gasteiger partial charge in [-0.05, 0) is 42.7 Å². The number of piperidine rings is 1. The third-order valence-electron chi connectivity index (χ3n) is 4.32. The van der Waals surface area contributed by atoms with Crippen LogP contribution in [0.25, 0.3) is 0 Å². The summed E-state index contributed by atoms with van der Waals surface area (Å²) in [4.78, 5) is 2.22. The number of halogens is 6. The molecule has 1 aliphatic heterocycles. The standard InChI is InChI=1S/C17H16ClF4IN4/c18-12-2-1-10(7-13(12)19)9-27-6-5-11(8-15(27)23)24-16-4-3-14(25-26-16)17(20,21)22/h1-4,7,11,15H,5-6,8-9H2,(H,24,26). The third kappa shape index (κ3) is 5.41. The fraction of sp³-hybridized carbons (Fsp3) is 0.412. The van der Waals surface area contributed by atoms with Gasteiger partial charge in [-0.1, -0.05) is 40.3 Å². The van der Waals surface area contributed by atoms with Crippen LogP contribution in [0.5, 0.6) is 0 Å². The van der Waals surface area contributed by atoms with E-state index in [0.717, 1.165) is 31.0 Å². The zero-order valence-corrected chi connectivity index (χ0v) is 16.9. The highest BCUT2D eigenvalue weighted by molar-refractivity contribution is 14.1. The molecule has 1 saturated heterocycles. The topological polar surface area (TPSA) is 41.0 Å². The van der Waals surface area contributed by atoms with Crippen molar-refractivity contribution in [3.63, 3.8) is 0 Å². The third-order valence-corrected chi connectivity index (χ3v) is 5.92. The Morgan fingerprint density at radius 3 is 2.59 bits per heavy atom. The van der Waals surface area contributed by atoms with Crippen molar-refractivity contribution in [3.05, 3.63) is 52.4 Å². The second-order valence-electron chi connectivity index (χ2n) is 6.32. The number of hydrogen-bond donors (Lipinski definition) is 1. The molecule has 0 saturated carbocycles. The molecular formula is C17H16ClF4IN4. The molecule has 0 bridgehead atoms. The maximum Gasteiger partial charge on any atom is 0.435 e. The molecule has 0 spiro atoms. The Kier molecular flexibility index (Phi) is 6.42. The molecule has 1 aromatic heterocycles. The second-order valence-corrected chi connectivity index (χ2v) is 8.17. The van der Waals surface area contributed by atoms with E-state index in [1.54, 1.807) is 12.1 Å². The highest BCUT2D eigenvalue weighted by Crippen LogP contribution is 2.29. The van der Waals surface area contributed by atoms with Crippen molar-refractivity contribution in [2.75, 3.05) is 11.9 Å². The highest BCUT2D eigenvalue weighted by Gasteiger charge is 2.33. The average molecular weight is 515 g/mol.